The standard InChI is InChI=1S/C8H11NOS/c1-11-8-3-6(5-9)2-7(10)4-8/h2-4,10H,5,9H2,1H3. The van der Waals surface area contributed by atoms with E-state index in [0.717, 1.165) is 10.5 Å². The van der Waals surface area contributed by atoms with Crippen LogP contribution in [0.3, 0.4) is 0 Å². The second-order valence-electron chi connectivity index (χ2n) is 2.24. The van der Waals surface area contributed by atoms with Crippen molar-refractivity contribution >= 4 is 11.8 Å². The number of nitrogens with two attached hydrogens (primary N) is 1. The lowest BCUT2D eigenvalue weighted by atomic mass is 10.2. The number of phenolic OH excluding ortho intramolecular Hbond substituents is 1. The zero-order valence-corrected chi connectivity index (χ0v) is 7.19. The van der Waals surface area contributed by atoms with Gasteiger partial charge in [0.1, 0.15) is 5.75 Å². The molecule has 3 heteroatoms. The van der Waals surface area contributed by atoms with Gasteiger partial charge in [0.05, 0.1) is 0 Å². The van der Waals surface area contributed by atoms with E-state index in [9.17, 15) is 5.11 Å². The van der Waals surface area contributed by atoms with Crippen molar-refractivity contribution in [1.82, 2.24) is 0 Å². The fourth-order valence-corrected chi connectivity index (χ4v) is 1.39. The third kappa shape index (κ3) is 2.13. The summed E-state index contributed by atoms with van der Waals surface area (Å²) in [6.45, 7) is 0.474. The van der Waals surface area contributed by atoms with Crippen LogP contribution in [-0.2, 0) is 6.54 Å². The van der Waals surface area contributed by atoms with Crippen LogP contribution in [0.5, 0.6) is 5.75 Å². The molecule has 0 fully saturated rings. The van der Waals surface area contributed by atoms with Gasteiger partial charge in [-0.1, -0.05) is 0 Å². The molecule has 0 aliphatic rings. The van der Waals surface area contributed by atoms with Crippen LogP contribution >= 0.6 is 11.8 Å². The van der Waals surface area contributed by atoms with Crippen LogP contribution in [-0.4, -0.2) is 11.4 Å². The molecule has 0 atom stereocenters. The number of hydrogen-bond donors (Lipinski definition) is 2. The Hall–Kier alpha value is -0.670. The van der Waals surface area contributed by atoms with Gasteiger partial charge in [-0.25, -0.2) is 0 Å². The first-order valence-corrected chi connectivity index (χ1v) is 4.55. The molecule has 11 heavy (non-hydrogen) atoms. The van der Waals surface area contributed by atoms with Gasteiger partial charge in [0.2, 0.25) is 0 Å². The van der Waals surface area contributed by atoms with E-state index in [1.165, 1.54) is 0 Å². The van der Waals surface area contributed by atoms with Crippen LogP contribution in [0.25, 0.3) is 0 Å². The number of hydrogen-bond acceptors (Lipinski definition) is 3. The molecule has 1 aromatic carbocycles. The molecule has 0 amide bonds. The van der Waals surface area contributed by atoms with E-state index in [1.54, 1.807) is 23.9 Å². The minimum atomic E-state index is 0.289. The lowest BCUT2D eigenvalue weighted by Gasteiger charge is -2.01. The molecule has 1 aromatic rings. The lowest BCUT2D eigenvalue weighted by molar-refractivity contribution is 0.473. The molecule has 0 saturated heterocycles. The van der Waals surface area contributed by atoms with Crippen molar-refractivity contribution < 1.29 is 5.11 Å². The molecule has 0 unspecified atom stereocenters. The summed E-state index contributed by atoms with van der Waals surface area (Å²) in [5.41, 5.74) is 6.39. The highest BCUT2D eigenvalue weighted by Crippen LogP contribution is 2.22. The Kier molecular flexibility index (Phi) is 2.79. The summed E-state index contributed by atoms with van der Waals surface area (Å²) in [4.78, 5) is 1.05. The van der Waals surface area contributed by atoms with E-state index in [4.69, 9.17) is 5.73 Å². The highest BCUT2D eigenvalue weighted by Gasteiger charge is 1.96. The van der Waals surface area contributed by atoms with E-state index in [2.05, 4.69) is 0 Å². The average molecular weight is 169 g/mol. The van der Waals surface area contributed by atoms with Crippen molar-refractivity contribution in [2.24, 2.45) is 5.73 Å². The SMILES string of the molecule is CSc1cc(O)cc(CN)c1. The Balaban J connectivity index is 3.02. The molecule has 3 N–H and O–H groups in total. The fourth-order valence-electron chi connectivity index (χ4n) is 0.879. The van der Waals surface area contributed by atoms with Gasteiger partial charge in [0.15, 0.2) is 0 Å². The second-order valence-corrected chi connectivity index (χ2v) is 3.12. The molecule has 0 aliphatic carbocycles. The number of rotatable bonds is 2. The Morgan fingerprint density at radius 3 is 2.73 bits per heavy atom. The second kappa shape index (κ2) is 3.64. The van der Waals surface area contributed by atoms with Crippen LogP contribution in [0.1, 0.15) is 5.56 Å². The average Bonchev–Trinajstić information content (AvgIpc) is 2.03. The minimum absolute atomic E-state index is 0.289. The molecule has 0 aromatic heterocycles. The number of thioether (sulfide) groups is 1. The van der Waals surface area contributed by atoms with Crippen molar-refractivity contribution in [2.45, 2.75) is 11.4 Å². The molecule has 0 radical (unpaired) electrons. The van der Waals surface area contributed by atoms with E-state index >= 15 is 0 Å². The number of phenols is 1. The monoisotopic (exact) mass is 169 g/mol. The normalized spacial score (nSPS) is 10.0. The van der Waals surface area contributed by atoms with Gasteiger partial charge in [0, 0.05) is 11.4 Å². The highest BCUT2D eigenvalue weighted by molar-refractivity contribution is 7.98. The van der Waals surface area contributed by atoms with Gasteiger partial charge in [-0.2, -0.15) is 0 Å². The smallest absolute Gasteiger partial charge is 0.117 e. The molecule has 0 bridgehead atoms. The fraction of sp³-hybridized carbons (Fsp3) is 0.250. The Morgan fingerprint density at radius 2 is 2.18 bits per heavy atom. The summed E-state index contributed by atoms with van der Waals surface area (Å²) in [6.07, 6.45) is 1.97. The van der Waals surface area contributed by atoms with E-state index in [-0.39, 0.29) is 5.75 Å². The minimum Gasteiger partial charge on any atom is -0.508 e. The Bertz CT molecular complexity index is 228. The van der Waals surface area contributed by atoms with Crippen LogP contribution in [0, 0.1) is 0 Å². The van der Waals surface area contributed by atoms with Gasteiger partial charge in [-0.05, 0) is 30.0 Å². The lowest BCUT2D eigenvalue weighted by Crippen LogP contribution is -1.95. The molecule has 1 rings (SSSR count). The summed E-state index contributed by atoms with van der Waals surface area (Å²) in [7, 11) is 0. The summed E-state index contributed by atoms with van der Waals surface area (Å²) < 4.78 is 0. The third-order valence-electron chi connectivity index (χ3n) is 1.42. The molecule has 0 saturated carbocycles. The first-order valence-electron chi connectivity index (χ1n) is 3.33. The maximum atomic E-state index is 9.19. The maximum absolute atomic E-state index is 9.19. The summed E-state index contributed by atoms with van der Waals surface area (Å²) >= 11 is 1.60. The number of aromatic hydroxyl groups is 1. The van der Waals surface area contributed by atoms with E-state index in [0.29, 0.717) is 6.54 Å². The van der Waals surface area contributed by atoms with Crippen molar-refractivity contribution in [3.63, 3.8) is 0 Å². The van der Waals surface area contributed by atoms with E-state index < -0.39 is 0 Å². The summed E-state index contributed by atoms with van der Waals surface area (Å²) in [5.74, 6) is 0.289. The van der Waals surface area contributed by atoms with Crippen molar-refractivity contribution in [2.75, 3.05) is 6.26 Å². The van der Waals surface area contributed by atoms with Crippen molar-refractivity contribution in [1.29, 1.82) is 0 Å². The molecular weight excluding hydrogens is 158 g/mol. The topological polar surface area (TPSA) is 46.2 Å². The zero-order valence-electron chi connectivity index (χ0n) is 6.37. The number of benzene rings is 1. The molecule has 2 nitrogen and oxygen atoms in total. The van der Waals surface area contributed by atoms with Crippen LogP contribution in [0.4, 0.5) is 0 Å². The van der Waals surface area contributed by atoms with Crippen molar-refractivity contribution in [3.05, 3.63) is 23.8 Å². The van der Waals surface area contributed by atoms with Crippen LogP contribution in [0.15, 0.2) is 23.1 Å². The third-order valence-corrected chi connectivity index (χ3v) is 2.13. The summed E-state index contributed by atoms with van der Waals surface area (Å²) in [5, 5.41) is 9.19. The molecule has 60 valence electrons. The summed E-state index contributed by atoms with van der Waals surface area (Å²) in [6, 6.07) is 5.38. The Labute approximate surface area is 70.4 Å². The first-order chi connectivity index (χ1) is 5.26. The van der Waals surface area contributed by atoms with E-state index in [1.807, 2.05) is 12.3 Å². The molecule has 0 aliphatic heterocycles. The molecular formula is C8H11NOS. The van der Waals surface area contributed by atoms with Gasteiger partial charge in [0.25, 0.3) is 0 Å². The predicted molar refractivity (Wildman–Crippen MR) is 47.8 cm³/mol. The molecule has 0 heterocycles. The first kappa shape index (κ1) is 8.43. The predicted octanol–water partition coefficient (Wildman–Crippen LogP) is 1.57. The van der Waals surface area contributed by atoms with Gasteiger partial charge < -0.3 is 10.8 Å². The zero-order chi connectivity index (χ0) is 8.27. The van der Waals surface area contributed by atoms with Crippen LogP contribution < -0.4 is 5.73 Å². The van der Waals surface area contributed by atoms with Gasteiger partial charge in [-0.3, -0.25) is 0 Å². The van der Waals surface area contributed by atoms with Crippen LogP contribution in [0.2, 0.25) is 0 Å². The Morgan fingerprint density at radius 1 is 1.45 bits per heavy atom. The quantitative estimate of drug-likeness (QED) is 0.661. The maximum Gasteiger partial charge on any atom is 0.117 e. The largest absolute Gasteiger partial charge is 0.508 e. The molecule has 0 spiro atoms. The van der Waals surface area contributed by atoms with Gasteiger partial charge in [-0.15, -0.1) is 11.8 Å². The van der Waals surface area contributed by atoms with Crippen molar-refractivity contribution in [3.8, 4) is 5.75 Å². The van der Waals surface area contributed by atoms with Gasteiger partial charge >= 0.3 is 0 Å². The highest BCUT2D eigenvalue weighted by atomic mass is 32.2.